The Kier molecular flexibility index (Phi) is 7.19. The summed E-state index contributed by atoms with van der Waals surface area (Å²) in [6.45, 7) is 3.46. The third-order valence-electron chi connectivity index (χ3n) is 6.61. The van der Waals surface area contributed by atoms with Gasteiger partial charge in [0.1, 0.15) is 12.7 Å². The highest BCUT2D eigenvalue weighted by atomic mass is 32.2. The van der Waals surface area contributed by atoms with E-state index < -0.39 is 16.0 Å². The SMILES string of the molecule is COC(=O)c1ccccc1S(=O)(=O)N1CCOc2c(cc(-c3ccccc3C)cc2O[C@@H]2CCOC2)C1. The Hall–Kier alpha value is -3.40. The first-order valence-corrected chi connectivity index (χ1v) is 13.6. The number of hydrogen-bond donors (Lipinski definition) is 0. The van der Waals surface area contributed by atoms with Crippen LogP contribution in [0.5, 0.6) is 11.5 Å². The molecule has 37 heavy (non-hydrogen) atoms. The molecule has 0 unspecified atom stereocenters. The summed E-state index contributed by atoms with van der Waals surface area (Å²) in [5.41, 5.74) is 3.69. The van der Waals surface area contributed by atoms with E-state index in [1.807, 2.05) is 43.3 Å². The number of carbonyl (C=O) groups is 1. The van der Waals surface area contributed by atoms with Crippen LogP contribution in [0.15, 0.2) is 65.6 Å². The molecular weight excluding hydrogens is 494 g/mol. The molecule has 0 saturated carbocycles. The number of methoxy groups -OCH3 is 1. The molecule has 2 aliphatic rings. The summed E-state index contributed by atoms with van der Waals surface area (Å²) in [5, 5.41) is 0. The molecule has 3 aromatic rings. The molecule has 5 rings (SSSR count). The maximum atomic E-state index is 13.8. The Bertz CT molecular complexity index is 1410. The van der Waals surface area contributed by atoms with E-state index in [0.717, 1.165) is 23.1 Å². The fourth-order valence-corrected chi connectivity index (χ4v) is 6.28. The second-order valence-electron chi connectivity index (χ2n) is 9.06. The van der Waals surface area contributed by atoms with E-state index in [1.54, 1.807) is 12.1 Å². The minimum atomic E-state index is -4.04. The van der Waals surface area contributed by atoms with Crippen LogP contribution in [-0.4, -0.2) is 58.3 Å². The largest absolute Gasteiger partial charge is 0.488 e. The van der Waals surface area contributed by atoms with Crippen molar-refractivity contribution in [3.05, 3.63) is 77.4 Å². The van der Waals surface area contributed by atoms with E-state index in [1.165, 1.54) is 23.5 Å². The Labute approximate surface area is 216 Å². The molecule has 1 saturated heterocycles. The number of benzene rings is 3. The summed E-state index contributed by atoms with van der Waals surface area (Å²) in [6.07, 6.45) is 0.670. The van der Waals surface area contributed by atoms with Gasteiger partial charge in [0.05, 0.1) is 30.8 Å². The summed E-state index contributed by atoms with van der Waals surface area (Å²) < 4.78 is 51.6. The van der Waals surface area contributed by atoms with Gasteiger partial charge in [0.15, 0.2) is 11.5 Å². The number of esters is 1. The maximum absolute atomic E-state index is 13.8. The number of fused-ring (bicyclic) bond motifs is 1. The van der Waals surface area contributed by atoms with Crippen LogP contribution >= 0.6 is 0 Å². The molecule has 0 N–H and O–H groups in total. The van der Waals surface area contributed by atoms with E-state index in [9.17, 15) is 13.2 Å². The fourth-order valence-electron chi connectivity index (χ4n) is 4.70. The van der Waals surface area contributed by atoms with Crippen molar-refractivity contribution in [2.45, 2.75) is 30.9 Å². The molecule has 1 atom stereocenters. The molecule has 194 valence electrons. The van der Waals surface area contributed by atoms with Crippen LogP contribution in [0, 0.1) is 6.92 Å². The van der Waals surface area contributed by atoms with Crippen molar-refractivity contribution in [1.29, 1.82) is 0 Å². The quantitative estimate of drug-likeness (QED) is 0.447. The molecule has 0 amide bonds. The average Bonchev–Trinajstić information content (AvgIpc) is 3.31. The van der Waals surface area contributed by atoms with Crippen molar-refractivity contribution in [3.8, 4) is 22.6 Å². The van der Waals surface area contributed by atoms with Crippen LogP contribution in [0.1, 0.15) is 27.9 Å². The number of ether oxygens (including phenoxy) is 4. The molecule has 1 fully saturated rings. The first-order valence-electron chi connectivity index (χ1n) is 12.2. The minimum absolute atomic E-state index is 0.00527. The average molecular weight is 524 g/mol. The smallest absolute Gasteiger partial charge is 0.339 e. The highest BCUT2D eigenvalue weighted by Crippen LogP contribution is 2.41. The third kappa shape index (κ3) is 5.07. The van der Waals surface area contributed by atoms with Crippen molar-refractivity contribution in [3.63, 3.8) is 0 Å². The van der Waals surface area contributed by atoms with E-state index in [0.29, 0.717) is 30.3 Å². The number of rotatable bonds is 6. The van der Waals surface area contributed by atoms with Crippen molar-refractivity contribution >= 4 is 16.0 Å². The maximum Gasteiger partial charge on any atom is 0.339 e. The lowest BCUT2D eigenvalue weighted by Gasteiger charge is -2.22. The lowest BCUT2D eigenvalue weighted by atomic mass is 9.98. The highest BCUT2D eigenvalue weighted by Gasteiger charge is 2.33. The number of nitrogens with zero attached hydrogens (tertiary/aromatic N) is 1. The first-order chi connectivity index (χ1) is 17.9. The second-order valence-corrected chi connectivity index (χ2v) is 11.0. The van der Waals surface area contributed by atoms with Gasteiger partial charge in [-0.25, -0.2) is 13.2 Å². The van der Waals surface area contributed by atoms with Gasteiger partial charge in [-0.1, -0.05) is 36.4 Å². The van der Waals surface area contributed by atoms with Gasteiger partial charge in [0.25, 0.3) is 0 Å². The van der Waals surface area contributed by atoms with Crippen LogP contribution in [0.3, 0.4) is 0 Å². The van der Waals surface area contributed by atoms with E-state index in [4.69, 9.17) is 18.9 Å². The summed E-state index contributed by atoms with van der Waals surface area (Å²) in [5.74, 6) is 0.394. The number of sulfonamides is 1. The van der Waals surface area contributed by atoms with E-state index in [2.05, 4.69) is 0 Å². The Morgan fingerprint density at radius 2 is 1.84 bits per heavy atom. The van der Waals surface area contributed by atoms with E-state index >= 15 is 0 Å². The zero-order valence-electron chi connectivity index (χ0n) is 20.8. The van der Waals surface area contributed by atoms with Crippen molar-refractivity contribution in [2.24, 2.45) is 0 Å². The van der Waals surface area contributed by atoms with Crippen LogP contribution in [-0.2, 0) is 26.0 Å². The number of hydrogen-bond acceptors (Lipinski definition) is 7. The van der Waals surface area contributed by atoms with E-state index in [-0.39, 0.29) is 36.3 Å². The molecule has 3 aromatic carbocycles. The summed E-state index contributed by atoms with van der Waals surface area (Å²) >= 11 is 0. The molecular formula is C28H29NO7S. The van der Waals surface area contributed by atoms with Crippen LogP contribution in [0.25, 0.3) is 11.1 Å². The highest BCUT2D eigenvalue weighted by molar-refractivity contribution is 7.89. The molecule has 2 heterocycles. The van der Waals surface area contributed by atoms with Crippen molar-refractivity contribution < 1.29 is 32.2 Å². The summed E-state index contributed by atoms with van der Waals surface area (Å²) in [7, 11) is -2.82. The van der Waals surface area contributed by atoms with Gasteiger partial charge in [-0.2, -0.15) is 4.31 Å². The third-order valence-corrected chi connectivity index (χ3v) is 8.52. The minimum Gasteiger partial charge on any atom is -0.488 e. The second kappa shape index (κ2) is 10.5. The van der Waals surface area contributed by atoms with Gasteiger partial charge >= 0.3 is 5.97 Å². The molecule has 0 bridgehead atoms. The number of carbonyl (C=O) groups excluding carboxylic acids is 1. The van der Waals surface area contributed by atoms with Crippen LogP contribution < -0.4 is 9.47 Å². The van der Waals surface area contributed by atoms with Gasteiger partial charge in [-0.3, -0.25) is 0 Å². The monoisotopic (exact) mass is 523 g/mol. The Balaban J connectivity index is 1.58. The topological polar surface area (TPSA) is 91.4 Å². The predicted octanol–water partition coefficient (Wildman–Crippen LogP) is 4.20. The van der Waals surface area contributed by atoms with Gasteiger partial charge in [0.2, 0.25) is 10.0 Å². The number of aryl methyl sites for hydroxylation is 1. The standard InChI is InChI=1S/C28H29NO7S/c1-19-7-3-4-8-23(19)20-15-21-17-29(37(31,32)26-10-6-5-9-24(26)28(30)33-2)12-14-35-27(21)25(16-20)36-22-11-13-34-18-22/h3-10,15-16,22H,11-14,17-18H2,1-2H3/t22-/m1/s1. The van der Waals surface area contributed by atoms with Gasteiger partial charge in [-0.05, 0) is 47.9 Å². The van der Waals surface area contributed by atoms with Crippen LogP contribution in [0.2, 0.25) is 0 Å². The Morgan fingerprint density at radius 3 is 2.59 bits per heavy atom. The predicted molar refractivity (Wildman–Crippen MR) is 137 cm³/mol. The molecule has 0 spiro atoms. The van der Waals surface area contributed by atoms with Crippen LogP contribution in [0.4, 0.5) is 0 Å². The molecule has 8 nitrogen and oxygen atoms in total. The zero-order chi connectivity index (χ0) is 26.0. The van der Waals surface area contributed by atoms with Gasteiger partial charge < -0.3 is 18.9 Å². The molecule has 0 radical (unpaired) electrons. The normalized spacial score (nSPS) is 17.9. The van der Waals surface area contributed by atoms with Gasteiger partial charge in [-0.15, -0.1) is 0 Å². The van der Waals surface area contributed by atoms with Crippen molar-refractivity contribution in [1.82, 2.24) is 4.31 Å². The molecule has 2 aliphatic heterocycles. The first kappa shape index (κ1) is 25.3. The summed E-state index contributed by atoms with van der Waals surface area (Å²) in [6, 6.07) is 18.0. The lowest BCUT2D eigenvalue weighted by molar-refractivity contribution is 0.0596. The molecule has 0 aromatic heterocycles. The zero-order valence-corrected chi connectivity index (χ0v) is 21.6. The molecule has 0 aliphatic carbocycles. The lowest BCUT2D eigenvalue weighted by Crippen LogP contribution is -2.33. The fraction of sp³-hybridized carbons (Fsp3) is 0.321. The van der Waals surface area contributed by atoms with Crippen molar-refractivity contribution in [2.75, 3.05) is 33.5 Å². The van der Waals surface area contributed by atoms with Gasteiger partial charge in [0, 0.05) is 25.1 Å². The molecule has 9 heteroatoms. The summed E-state index contributed by atoms with van der Waals surface area (Å²) in [4.78, 5) is 12.2. The Morgan fingerprint density at radius 1 is 1.05 bits per heavy atom.